The molecular formula is C24H20FN5O3. The van der Waals surface area contributed by atoms with Gasteiger partial charge in [-0.25, -0.2) is 9.37 Å². The van der Waals surface area contributed by atoms with E-state index < -0.39 is 4.92 Å². The number of nitro groups is 1. The van der Waals surface area contributed by atoms with Crippen molar-refractivity contribution in [2.45, 2.75) is 0 Å². The lowest BCUT2D eigenvalue weighted by molar-refractivity contribution is -0.385. The molecule has 0 N–H and O–H groups in total. The molecule has 0 atom stereocenters. The largest absolute Gasteiger partial charge is 0.434 e. The van der Waals surface area contributed by atoms with E-state index in [0.29, 0.717) is 37.6 Å². The fourth-order valence-electron chi connectivity index (χ4n) is 4.03. The van der Waals surface area contributed by atoms with Gasteiger partial charge in [-0.15, -0.1) is 0 Å². The summed E-state index contributed by atoms with van der Waals surface area (Å²) in [4.78, 5) is 23.4. The molecule has 8 nitrogen and oxygen atoms in total. The van der Waals surface area contributed by atoms with Crippen molar-refractivity contribution in [1.82, 2.24) is 9.97 Å². The van der Waals surface area contributed by atoms with Crippen molar-refractivity contribution in [1.29, 1.82) is 0 Å². The molecule has 0 bridgehead atoms. The van der Waals surface area contributed by atoms with Gasteiger partial charge in [-0.1, -0.05) is 42.5 Å². The van der Waals surface area contributed by atoms with Gasteiger partial charge in [0.1, 0.15) is 17.9 Å². The van der Waals surface area contributed by atoms with Crippen LogP contribution in [0.1, 0.15) is 0 Å². The lowest BCUT2D eigenvalue weighted by Crippen LogP contribution is -2.47. The number of nitrogens with zero attached hydrogens (tertiary/aromatic N) is 5. The Kier molecular flexibility index (Phi) is 5.43. The highest BCUT2D eigenvalue weighted by Gasteiger charge is 2.31. The molecule has 0 unspecified atom stereocenters. The summed E-state index contributed by atoms with van der Waals surface area (Å²) in [5, 5.41) is 14.0. The number of para-hydroxylation sites is 1. The summed E-state index contributed by atoms with van der Waals surface area (Å²) in [6.07, 6.45) is 1.27. The minimum Gasteiger partial charge on any atom is -0.434 e. The fourth-order valence-corrected chi connectivity index (χ4v) is 4.03. The fraction of sp³-hybridized carbons (Fsp3) is 0.167. The molecule has 1 fully saturated rings. The number of piperazine rings is 1. The van der Waals surface area contributed by atoms with Gasteiger partial charge in [-0.05, 0) is 35.0 Å². The molecule has 33 heavy (non-hydrogen) atoms. The second kappa shape index (κ2) is 8.70. The Hall–Kier alpha value is -4.27. The van der Waals surface area contributed by atoms with E-state index in [4.69, 9.17) is 4.74 Å². The van der Waals surface area contributed by atoms with Gasteiger partial charge in [0.05, 0.1) is 10.6 Å². The standard InChI is InChI=1S/C24H20FN5O3/c25-20-7-3-4-8-21(20)28-11-13-29(14-12-28)23-22(30(31)32)24(27-16-26-23)33-19-10-9-17-5-1-2-6-18(17)15-19/h1-10,15-16H,11-14H2. The maximum Gasteiger partial charge on any atom is 0.373 e. The van der Waals surface area contributed by atoms with Gasteiger partial charge < -0.3 is 14.5 Å². The highest BCUT2D eigenvalue weighted by atomic mass is 19.1. The number of aromatic nitrogens is 2. The number of halogens is 1. The van der Waals surface area contributed by atoms with Crippen LogP contribution < -0.4 is 14.5 Å². The summed E-state index contributed by atoms with van der Waals surface area (Å²) in [6.45, 7) is 1.90. The molecule has 2 heterocycles. The van der Waals surface area contributed by atoms with Crippen LogP contribution >= 0.6 is 0 Å². The van der Waals surface area contributed by atoms with Crippen molar-refractivity contribution >= 4 is 28.0 Å². The first-order valence-electron chi connectivity index (χ1n) is 10.5. The third kappa shape index (κ3) is 4.12. The molecule has 0 aliphatic carbocycles. The highest BCUT2D eigenvalue weighted by molar-refractivity contribution is 5.83. The van der Waals surface area contributed by atoms with Crippen LogP contribution in [-0.2, 0) is 0 Å². The number of fused-ring (bicyclic) bond motifs is 1. The smallest absolute Gasteiger partial charge is 0.373 e. The number of benzene rings is 3. The first kappa shape index (κ1) is 20.6. The molecule has 3 aromatic carbocycles. The van der Waals surface area contributed by atoms with Gasteiger partial charge in [0.25, 0.3) is 0 Å². The van der Waals surface area contributed by atoms with Crippen LogP contribution in [0.15, 0.2) is 73.1 Å². The summed E-state index contributed by atoms with van der Waals surface area (Å²) in [6, 6.07) is 19.8. The van der Waals surface area contributed by atoms with Crippen LogP contribution in [-0.4, -0.2) is 41.1 Å². The second-order valence-electron chi connectivity index (χ2n) is 7.64. The minimum atomic E-state index is -0.519. The molecule has 0 radical (unpaired) electrons. The molecule has 5 rings (SSSR count). The Balaban J connectivity index is 1.40. The summed E-state index contributed by atoms with van der Waals surface area (Å²) < 4.78 is 20.0. The van der Waals surface area contributed by atoms with E-state index >= 15 is 0 Å². The van der Waals surface area contributed by atoms with E-state index in [2.05, 4.69) is 9.97 Å². The third-order valence-electron chi connectivity index (χ3n) is 5.66. The van der Waals surface area contributed by atoms with Crippen LogP contribution in [0, 0.1) is 15.9 Å². The van der Waals surface area contributed by atoms with Crippen molar-refractivity contribution in [2.24, 2.45) is 0 Å². The van der Waals surface area contributed by atoms with Crippen molar-refractivity contribution in [2.75, 3.05) is 36.0 Å². The Morgan fingerprint density at radius 2 is 1.58 bits per heavy atom. The zero-order valence-electron chi connectivity index (χ0n) is 17.6. The van der Waals surface area contributed by atoms with E-state index in [1.54, 1.807) is 24.3 Å². The number of hydrogen-bond acceptors (Lipinski definition) is 7. The van der Waals surface area contributed by atoms with Crippen LogP contribution in [0.2, 0.25) is 0 Å². The first-order valence-corrected chi connectivity index (χ1v) is 10.5. The molecular weight excluding hydrogens is 425 g/mol. The summed E-state index contributed by atoms with van der Waals surface area (Å²) >= 11 is 0. The zero-order chi connectivity index (χ0) is 22.8. The number of rotatable bonds is 5. The predicted molar refractivity (Wildman–Crippen MR) is 124 cm³/mol. The first-order chi connectivity index (χ1) is 16.1. The molecule has 0 saturated carbocycles. The van der Waals surface area contributed by atoms with E-state index in [1.807, 2.05) is 46.2 Å². The number of hydrogen-bond donors (Lipinski definition) is 0. The predicted octanol–water partition coefficient (Wildman–Crippen LogP) is 4.80. The van der Waals surface area contributed by atoms with Crippen LogP contribution in [0.25, 0.3) is 10.8 Å². The highest BCUT2D eigenvalue weighted by Crippen LogP contribution is 2.37. The van der Waals surface area contributed by atoms with Crippen molar-refractivity contribution < 1.29 is 14.1 Å². The maximum atomic E-state index is 14.1. The molecule has 1 aliphatic heterocycles. The average Bonchev–Trinajstić information content (AvgIpc) is 2.84. The van der Waals surface area contributed by atoms with Gasteiger partial charge in [0, 0.05) is 26.2 Å². The van der Waals surface area contributed by atoms with Crippen LogP contribution in [0.5, 0.6) is 11.6 Å². The van der Waals surface area contributed by atoms with Crippen LogP contribution in [0.4, 0.5) is 21.6 Å². The number of ether oxygens (including phenoxy) is 1. The van der Waals surface area contributed by atoms with Crippen molar-refractivity contribution in [3.8, 4) is 11.6 Å². The summed E-state index contributed by atoms with van der Waals surface area (Å²) in [7, 11) is 0. The third-order valence-corrected chi connectivity index (χ3v) is 5.66. The molecule has 1 aliphatic rings. The quantitative estimate of drug-likeness (QED) is 0.322. The number of anilines is 2. The Morgan fingerprint density at radius 1 is 0.879 bits per heavy atom. The average molecular weight is 445 g/mol. The van der Waals surface area contributed by atoms with E-state index in [1.165, 1.54) is 12.4 Å². The molecule has 0 amide bonds. The molecule has 0 spiro atoms. The lowest BCUT2D eigenvalue weighted by atomic mass is 10.1. The van der Waals surface area contributed by atoms with E-state index in [0.717, 1.165) is 10.8 Å². The SMILES string of the molecule is O=[N+]([O-])c1c(Oc2ccc3ccccc3c2)ncnc1N1CCN(c2ccccc2F)CC1. The zero-order valence-corrected chi connectivity index (χ0v) is 17.6. The normalized spacial score (nSPS) is 13.8. The molecule has 166 valence electrons. The van der Waals surface area contributed by atoms with Gasteiger partial charge in [0.2, 0.25) is 5.82 Å². The van der Waals surface area contributed by atoms with Crippen molar-refractivity contribution in [3.05, 3.63) is 89.0 Å². The monoisotopic (exact) mass is 445 g/mol. The van der Waals surface area contributed by atoms with Gasteiger partial charge in [-0.2, -0.15) is 4.98 Å². The second-order valence-corrected chi connectivity index (χ2v) is 7.64. The molecule has 1 aromatic heterocycles. The lowest BCUT2D eigenvalue weighted by Gasteiger charge is -2.36. The van der Waals surface area contributed by atoms with Crippen LogP contribution in [0.3, 0.4) is 0 Å². The van der Waals surface area contributed by atoms with Gasteiger partial charge >= 0.3 is 11.6 Å². The Bertz CT molecular complexity index is 1320. The summed E-state index contributed by atoms with van der Waals surface area (Å²) in [5.41, 5.74) is 0.236. The molecule has 9 heteroatoms. The Morgan fingerprint density at radius 3 is 2.33 bits per heavy atom. The summed E-state index contributed by atoms with van der Waals surface area (Å²) in [5.74, 6) is 0.242. The van der Waals surface area contributed by atoms with Gasteiger partial charge in [0.15, 0.2) is 0 Å². The van der Waals surface area contributed by atoms with Gasteiger partial charge in [-0.3, -0.25) is 10.1 Å². The Labute approximate surface area is 189 Å². The van der Waals surface area contributed by atoms with E-state index in [9.17, 15) is 14.5 Å². The van der Waals surface area contributed by atoms with Crippen molar-refractivity contribution in [3.63, 3.8) is 0 Å². The molecule has 1 saturated heterocycles. The molecule has 4 aromatic rings. The maximum absolute atomic E-state index is 14.1. The van der Waals surface area contributed by atoms with E-state index in [-0.39, 0.29) is 23.2 Å². The minimum absolute atomic E-state index is 0.114. The topological polar surface area (TPSA) is 84.6 Å².